The summed E-state index contributed by atoms with van der Waals surface area (Å²) in [5.41, 5.74) is 7.47. The van der Waals surface area contributed by atoms with Gasteiger partial charge in [-0.3, -0.25) is 24.1 Å². The predicted molar refractivity (Wildman–Crippen MR) is 186 cm³/mol. The molecular weight excluding hydrogens is 628 g/mol. The van der Waals surface area contributed by atoms with Crippen LogP contribution in [0, 0.1) is 0 Å². The van der Waals surface area contributed by atoms with Crippen molar-refractivity contribution in [2.75, 3.05) is 32.7 Å². The predicted octanol–water partition coefficient (Wildman–Crippen LogP) is 3.41. The van der Waals surface area contributed by atoms with Crippen molar-refractivity contribution in [1.29, 1.82) is 0 Å². The molecule has 3 aromatic rings. The van der Waals surface area contributed by atoms with Crippen molar-refractivity contribution in [3.63, 3.8) is 0 Å². The number of benzene rings is 3. The molecule has 0 aliphatic carbocycles. The van der Waals surface area contributed by atoms with Crippen LogP contribution < -0.4 is 16.4 Å². The van der Waals surface area contributed by atoms with Gasteiger partial charge in [0.2, 0.25) is 17.7 Å². The molecule has 0 aromatic heterocycles. The first-order chi connectivity index (χ1) is 23.2. The maximum Gasteiger partial charge on any atom is 0.250 e. The van der Waals surface area contributed by atoms with E-state index in [0.29, 0.717) is 23.0 Å². The van der Waals surface area contributed by atoms with E-state index in [1.165, 1.54) is 4.90 Å². The van der Waals surface area contributed by atoms with Crippen LogP contribution in [-0.2, 0) is 25.6 Å². The molecule has 3 aliphatic heterocycles. The Kier molecular flexibility index (Phi) is 10.6. The molecule has 4 N–H and O–H groups in total. The highest BCUT2D eigenvalue weighted by Gasteiger charge is 2.43. The van der Waals surface area contributed by atoms with Crippen molar-refractivity contribution in [2.24, 2.45) is 5.73 Å². The Morgan fingerprint density at radius 3 is 2.50 bits per heavy atom. The van der Waals surface area contributed by atoms with E-state index in [1.807, 2.05) is 49.4 Å². The molecule has 0 bridgehead atoms. The Bertz CT molecular complexity index is 1660. The van der Waals surface area contributed by atoms with Gasteiger partial charge in [-0.1, -0.05) is 66.2 Å². The van der Waals surface area contributed by atoms with Crippen molar-refractivity contribution in [3.05, 3.63) is 82.9 Å². The molecule has 0 unspecified atom stereocenters. The summed E-state index contributed by atoms with van der Waals surface area (Å²) in [5, 5.41) is 8.74. The topological polar surface area (TPSA) is 128 Å². The smallest absolute Gasteiger partial charge is 0.250 e. The highest BCUT2D eigenvalue weighted by molar-refractivity contribution is 6.30. The summed E-state index contributed by atoms with van der Waals surface area (Å²) in [6.07, 6.45) is 4.36. The number of rotatable bonds is 9. The average molecular weight is 673 g/mol. The molecule has 6 rings (SSSR count). The SMILES string of the molecule is C[C@@H]1CCN([C@H](Cc2cccc3ccccc23)C(N)=O)C(=O)[C@H](c2cccc(Cl)c2)N1C(=O)CNC(=O)[C@@H]1CCCN1C1CCNCC1. The van der Waals surface area contributed by atoms with Crippen LogP contribution >= 0.6 is 11.6 Å². The van der Waals surface area contributed by atoms with Crippen molar-refractivity contribution in [3.8, 4) is 0 Å². The molecule has 48 heavy (non-hydrogen) atoms. The number of halogens is 1. The van der Waals surface area contributed by atoms with Crippen LogP contribution in [-0.4, -0.2) is 95.2 Å². The lowest BCUT2D eigenvalue weighted by molar-refractivity contribution is -0.148. The van der Waals surface area contributed by atoms with Crippen LogP contribution in [0.4, 0.5) is 0 Å². The van der Waals surface area contributed by atoms with Gasteiger partial charge in [0.25, 0.3) is 5.91 Å². The Balaban J connectivity index is 1.25. The number of primary amides is 1. The third-order valence-electron chi connectivity index (χ3n) is 10.3. The number of amides is 4. The van der Waals surface area contributed by atoms with Crippen LogP contribution in [0.15, 0.2) is 66.7 Å². The lowest BCUT2D eigenvalue weighted by atomic mass is 9.96. The number of piperidine rings is 1. The molecule has 10 nitrogen and oxygen atoms in total. The summed E-state index contributed by atoms with van der Waals surface area (Å²) in [5.74, 6) is -1.54. The van der Waals surface area contributed by atoms with Gasteiger partial charge in [0, 0.05) is 30.1 Å². The Morgan fingerprint density at radius 2 is 1.73 bits per heavy atom. The molecule has 254 valence electrons. The van der Waals surface area contributed by atoms with E-state index < -0.39 is 23.9 Å². The fraction of sp³-hybridized carbons (Fsp3) is 0.459. The maximum absolute atomic E-state index is 14.7. The fourth-order valence-corrected chi connectivity index (χ4v) is 8.04. The van der Waals surface area contributed by atoms with Gasteiger partial charge in [0.05, 0.1) is 12.6 Å². The number of likely N-dealkylation sites (tertiary alicyclic amines) is 1. The summed E-state index contributed by atoms with van der Waals surface area (Å²) >= 11 is 6.41. The number of nitrogens with one attached hydrogen (secondary N) is 2. The van der Waals surface area contributed by atoms with E-state index in [2.05, 4.69) is 15.5 Å². The first-order valence-electron chi connectivity index (χ1n) is 17.1. The summed E-state index contributed by atoms with van der Waals surface area (Å²) in [6, 6.07) is 18.4. The number of nitrogens with zero attached hydrogens (tertiary/aromatic N) is 3. The molecule has 3 heterocycles. The second-order valence-corrected chi connectivity index (χ2v) is 13.7. The molecule has 4 amide bonds. The van der Waals surface area contributed by atoms with Crippen LogP contribution in [0.5, 0.6) is 0 Å². The van der Waals surface area contributed by atoms with E-state index in [1.54, 1.807) is 29.2 Å². The van der Waals surface area contributed by atoms with Crippen LogP contribution in [0.2, 0.25) is 5.02 Å². The minimum Gasteiger partial charge on any atom is -0.368 e. The second-order valence-electron chi connectivity index (χ2n) is 13.3. The number of carbonyl (C=O) groups excluding carboxylic acids is 4. The summed E-state index contributed by atoms with van der Waals surface area (Å²) < 4.78 is 0. The highest BCUT2D eigenvalue weighted by Crippen LogP contribution is 2.33. The molecule has 0 spiro atoms. The molecule has 3 fully saturated rings. The molecule has 4 atom stereocenters. The first-order valence-corrected chi connectivity index (χ1v) is 17.5. The van der Waals surface area contributed by atoms with Gasteiger partial charge in [-0.25, -0.2) is 0 Å². The van der Waals surface area contributed by atoms with Crippen LogP contribution in [0.3, 0.4) is 0 Å². The average Bonchev–Trinajstić information content (AvgIpc) is 3.55. The first kappa shape index (κ1) is 33.9. The van der Waals surface area contributed by atoms with E-state index in [4.69, 9.17) is 17.3 Å². The summed E-state index contributed by atoms with van der Waals surface area (Å²) in [4.78, 5) is 60.8. The molecule has 11 heteroatoms. The summed E-state index contributed by atoms with van der Waals surface area (Å²) in [6.45, 7) is 4.65. The van der Waals surface area contributed by atoms with Gasteiger partial charge in [0.15, 0.2) is 0 Å². The number of hydrogen-bond acceptors (Lipinski definition) is 6. The molecule has 3 aromatic carbocycles. The lowest BCUT2D eigenvalue weighted by Crippen LogP contribution is -2.54. The number of hydrogen-bond donors (Lipinski definition) is 3. The largest absolute Gasteiger partial charge is 0.368 e. The van der Waals surface area contributed by atoms with Crippen molar-refractivity contribution >= 4 is 46.0 Å². The molecule has 0 saturated carbocycles. The van der Waals surface area contributed by atoms with E-state index in [0.717, 1.165) is 61.7 Å². The van der Waals surface area contributed by atoms with Crippen LogP contribution in [0.1, 0.15) is 56.2 Å². The van der Waals surface area contributed by atoms with E-state index in [9.17, 15) is 19.2 Å². The highest BCUT2D eigenvalue weighted by atomic mass is 35.5. The van der Waals surface area contributed by atoms with Crippen molar-refractivity contribution in [1.82, 2.24) is 25.3 Å². The number of fused-ring (bicyclic) bond motifs is 1. The van der Waals surface area contributed by atoms with Gasteiger partial charge in [-0.2, -0.15) is 0 Å². The maximum atomic E-state index is 14.7. The number of nitrogens with two attached hydrogens (primary N) is 1. The minimum atomic E-state index is -1.06. The molecule has 3 saturated heterocycles. The third kappa shape index (κ3) is 7.21. The fourth-order valence-electron chi connectivity index (χ4n) is 7.85. The zero-order valence-corrected chi connectivity index (χ0v) is 28.2. The van der Waals surface area contributed by atoms with E-state index in [-0.39, 0.29) is 43.4 Å². The monoisotopic (exact) mass is 672 g/mol. The van der Waals surface area contributed by atoms with Crippen molar-refractivity contribution in [2.45, 2.75) is 75.7 Å². The zero-order valence-electron chi connectivity index (χ0n) is 27.4. The standard InChI is InChI=1S/C37H45ClN6O4/c1-24-16-20-43(32(35(39)46)22-26-9-4-8-25-7-2-3-12-30(25)26)37(48)34(27-10-5-11-28(38)21-27)44(24)33(45)23-41-36(47)31-13-6-19-42(31)29-14-17-40-18-15-29/h2-5,7-12,21,24,29,31-32,34,40H,6,13-20,22-23H2,1H3,(H2,39,46)(H,41,47)/t24-,31+,32-,34+/m1/s1. The van der Waals surface area contributed by atoms with Gasteiger partial charge in [-0.05, 0) is 92.7 Å². The van der Waals surface area contributed by atoms with E-state index >= 15 is 0 Å². The Labute approximate surface area is 286 Å². The van der Waals surface area contributed by atoms with Crippen LogP contribution in [0.25, 0.3) is 10.8 Å². The molecular formula is C37H45ClN6O4. The second kappa shape index (κ2) is 15.1. The van der Waals surface area contributed by atoms with Crippen molar-refractivity contribution < 1.29 is 19.2 Å². The van der Waals surface area contributed by atoms with Gasteiger partial charge < -0.3 is 26.2 Å². The van der Waals surface area contributed by atoms with Gasteiger partial charge in [0.1, 0.15) is 12.1 Å². The normalized spacial score (nSPS) is 23.2. The minimum absolute atomic E-state index is 0.155. The molecule has 0 radical (unpaired) electrons. The number of carbonyl (C=O) groups is 4. The Morgan fingerprint density at radius 1 is 0.979 bits per heavy atom. The Hall–Kier alpha value is -3.99. The lowest BCUT2D eigenvalue weighted by Gasteiger charge is -2.36. The van der Waals surface area contributed by atoms with Gasteiger partial charge in [-0.15, -0.1) is 0 Å². The zero-order chi connectivity index (χ0) is 33.8. The third-order valence-corrected chi connectivity index (χ3v) is 10.5. The summed E-state index contributed by atoms with van der Waals surface area (Å²) in [7, 11) is 0. The van der Waals surface area contributed by atoms with Gasteiger partial charge >= 0.3 is 0 Å². The molecule has 3 aliphatic rings. The quantitative estimate of drug-likeness (QED) is 0.320.